The number of thioether (sulfide) groups is 1. The number of benzene rings is 1. The van der Waals surface area contributed by atoms with Crippen LogP contribution in [-0.2, 0) is 11.3 Å². The average molecular weight is 359 g/mol. The second-order valence-electron chi connectivity index (χ2n) is 5.31. The lowest BCUT2D eigenvalue weighted by Crippen LogP contribution is -2.24. The van der Waals surface area contributed by atoms with Crippen molar-refractivity contribution < 1.29 is 4.79 Å². The lowest BCUT2D eigenvalue weighted by atomic mass is 10.1. The second-order valence-corrected chi connectivity index (χ2v) is 7.28. The highest BCUT2D eigenvalue weighted by Gasteiger charge is 2.13. The molecule has 3 rings (SSSR count). The molecule has 2 aromatic heterocycles. The van der Waals surface area contributed by atoms with Gasteiger partial charge in [0.2, 0.25) is 11.1 Å². The quantitative estimate of drug-likeness (QED) is 0.685. The molecule has 0 spiro atoms. The van der Waals surface area contributed by atoms with Gasteiger partial charge in [0.25, 0.3) is 0 Å². The van der Waals surface area contributed by atoms with Crippen molar-refractivity contribution in [1.29, 1.82) is 0 Å². The highest BCUT2D eigenvalue weighted by atomic mass is 32.2. The van der Waals surface area contributed by atoms with Crippen molar-refractivity contribution in [2.75, 3.05) is 5.75 Å². The molecule has 8 heteroatoms. The van der Waals surface area contributed by atoms with E-state index in [4.69, 9.17) is 0 Å². The lowest BCUT2D eigenvalue weighted by molar-refractivity contribution is -0.118. The Bertz CT molecular complexity index is 829. The Morgan fingerprint density at radius 1 is 1.33 bits per heavy atom. The van der Waals surface area contributed by atoms with Gasteiger partial charge in [-0.3, -0.25) is 4.79 Å². The molecule has 1 amide bonds. The molecule has 0 aliphatic heterocycles. The number of aryl methyl sites for hydroxylation is 2. The van der Waals surface area contributed by atoms with Gasteiger partial charge in [-0.15, -0.1) is 16.4 Å². The minimum absolute atomic E-state index is 0.0384. The van der Waals surface area contributed by atoms with Crippen LogP contribution in [0.5, 0.6) is 0 Å². The molecule has 0 aliphatic rings. The number of hydrogen-bond donors (Lipinski definition) is 1. The number of carbonyl (C=O) groups excluding carboxylic acids is 1. The summed E-state index contributed by atoms with van der Waals surface area (Å²) in [7, 11) is 0. The largest absolute Gasteiger partial charge is 0.350 e. The van der Waals surface area contributed by atoms with Crippen LogP contribution in [0.1, 0.15) is 16.0 Å². The second kappa shape index (κ2) is 7.59. The molecule has 3 aromatic rings. The molecule has 0 saturated carbocycles. The number of thiophene rings is 1. The monoisotopic (exact) mass is 359 g/mol. The van der Waals surface area contributed by atoms with Gasteiger partial charge in [0.15, 0.2) is 0 Å². The van der Waals surface area contributed by atoms with E-state index < -0.39 is 0 Å². The van der Waals surface area contributed by atoms with Crippen molar-refractivity contribution in [3.8, 4) is 5.69 Å². The first kappa shape index (κ1) is 16.7. The van der Waals surface area contributed by atoms with E-state index in [1.54, 1.807) is 16.0 Å². The minimum atomic E-state index is -0.0384. The standard InChI is InChI=1S/C16H17N5OS2/c1-11-5-6-14(12(2)8-11)21-16(18-19-20-21)24-10-15(22)17-9-13-4-3-7-23-13/h3-8H,9-10H2,1-2H3,(H,17,22). The normalized spacial score (nSPS) is 10.8. The van der Waals surface area contributed by atoms with Gasteiger partial charge < -0.3 is 5.32 Å². The van der Waals surface area contributed by atoms with E-state index in [1.807, 2.05) is 43.5 Å². The summed E-state index contributed by atoms with van der Waals surface area (Å²) in [5.41, 5.74) is 3.20. The Hall–Kier alpha value is -2.19. The molecule has 0 saturated heterocycles. The van der Waals surface area contributed by atoms with Gasteiger partial charge in [0, 0.05) is 4.88 Å². The minimum Gasteiger partial charge on any atom is -0.350 e. The summed E-state index contributed by atoms with van der Waals surface area (Å²) in [6.45, 7) is 4.62. The van der Waals surface area contributed by atoms with Crippen LogP contribution in [0.15, 0.2) is 40.9 Å². The summed E-state index contributed by atoms with van der Waals surface area (Å²) in [6, 6.07) is 10.1. The van der Waals surface area contributed by atoms with Crippen molar-refractivity contribution in [2.45, 2.75) is 25.5 Å². The van der Waals surface area contributed by atoms with Gasteiger partial charge in [-0.05, 0) is 47.4 Å². The molecular weight excluding hydrogens is 342 g/mol. The van der Waals surface area contributed by atoms with E-state index >= 15 is 0 Å². The maximum absolute atomic E-state index is 12.0. The number of amides is 1. The Morgan fingerprint density at radius 3 is 2.96 bits per heavy atom. The van der Waals surface area contributed by atoms with E-state index in [1.165, 1.54) is 17.3 Å². The van der Waals surface area contributed by atoms with E-state index in [2.05, 4.69) is 26.9 Å². The molecule has 6 nitrogen and oxygen atoms in total. The molecule has 0 bridgehead atoms. The molecule has 1 aromatic carbocycles. The van der Waals surface area contributed by atoms with E-state index in [9.17, 15) is 4.79 Å². The lowest BCUT2D eigenvalue weighted by Gasteiger charge is -2.08. The molecule has 0 unspecified atom stereocenters. The molecule has 0 radical (unpaired) electrons. The SMILES string of the molecule is Cc1ccc(-n2nnnc2SCC(=O)NCc2cccs2)c(C)c1. The van der Waals surface area contributed by atoms with Crippen LogP contribution in [0.3, 0.4) is 0 Å². The molecule has 0 fully saturated rings. The maximum Gasteiger partial charge on any atom is 0.230 e. The highest BCUT2D eigenvalue weighted by Crippen LogP contribution is 2.21. The molecule has 2 heterocycles. The van der Waals surface area contributed by atoms with Gasteiger partial charge >= 0.3 is 0 Å². The molecular formula is C16H17N5OS2. The average Bonchev–Trinajstić information content (AvgIpc) is 3.22. The smallest absolute Gasteiger partial charge is 0.230 e. The Kier molecular flexibility index (Phi) is 5.27. The van der Waals surface area contributed by atoms with Crippen LogP contribution in [-0.4, -0.2) is 31.9 Å². The van der Waals surface area contributed by atoms with Crippen LogP contribution in [0.2, 0.25) is 0 Å². The first-order valence-corrected chi connectivity index (χ1v) is 9.28. The third-order valence-corrected chi connectivity index (χ3v) is 5.19. The van der Waals surface area contributed by atoms with Gasteiger partial charge in [0.1, 0.15) is 0 Å². The first-order valence-electron chi connectivity index (χ1n) is 7.41. The number of nitrogens with one attached hydrogen (secondary N) is 1. The number of rotatable bonds is 6. The Labute approximate surface area is 148 Å². The highest BCUT2D eigenvalue weighted by molar-refractivity contribution is 7.99. The van der Waals surface area contributed by atoms with Crippen LogP contribution < -0.4 is 5.32 Å². The molecule has 0 aliphatic carbocycles. The molecule has 0 atom stereocenters. The number of nitrogens with zero attached hydrogens (tertiary/aromatic N) is 4. The zero-order valence-corrected chi connectivity index (χ0v) is 15.0. The third-order valence-electron chi connectivity index (χ3n) is 3.39. The van der Waals surface area contributed by atoms with Gasteiger partial charge in [-0.2, -0.15) is 4.68 Å². The van der Waals surface area contributed by atoms with Gasteiger partial charge in [0.05, 0.1) is 18.0 Å². The number of hydrogen-bond acceptors (Lipinski definition) is 6. The van der Waals surface area contributed by atoms with Crippen LogP contribution in [0.25, 0.3) is 5.69 Å². The van der Waals surface area contributed by atoms with Crippen molar-refractivity contribution in [2.24, 2.45) is 0 Å². The Morgan fingerprint density at radius 2 is 2.21 bits per heavy atom. The Balaban J connectivity index is 1.62. The summed E-state index contributed by atoms with van der Waals surface area (Å²) < 4.78 is 1.67. The number of tetrazole rings is 1. The number of aromatic nitrogens is 4. The van der Waals surface area contributed by atoms with E-state index in [0.717, 1.165) is 16.1 Å². The van der Waals surface area contributed by atoms with Gasteiger partial charge in [-0.25, -0.2) is 0 Å². The summed E-state index contributed by atoms with van der Waals surface area (Å²) >= 11 is 2.95. The van der Waals surface area contributed by atoms with E-state index in [-0.39, 0.29) is 11.7 Å². The third kappa shape index (κ3) is 4.01. The predicted molar refractivity (Wildman–Crippen MR) is 95.5 cm³/mol. The van der Waals surface area contributed by atoms with Gasteiger partial charge in [-0.1, -0.05) is 35.5 Å². The molecule has 124 valence electrons. The zero-order chi connectivity index (χ0) is 16.9. The van der Waals surface area contributed by atoms with Crippen LogP contribution in [0.4, 0.5) is 0 Å². The zero-order valence-electron chi connectivity index (χ0n) is 13.4. The molecule has 24 heavy (non-hydrogen) atoms. The fourth-order valence-electron chi connectivity index (χ4n) is 2.24. The van der Waals surface area contributed by atoms with Crippen molar-refractivity contribution in [1.82, 2.24) is 25.5 Å². The van der Waals surface area contributed by atoms with Crippen molar-refractivity contribution in [3.05, 3.63) is 51.7 Å². The van der Waals surface area contributed by atoms with Crippen LogP contribution in [0, 0.1) is 13.8 Å². The van der Waals surface area contributed by atoms with E-state index in [0.29, 0.717) is 11.7 Å². The summed E-state index contributed by atoms with van der Waals surface area (Å²) in [5, 5.41) is 17.3. The summed E-state index contributed by atoms with van der Waals surface area (Å²) in [5.74, 6) is 0.236. The van der Waals surface area contributed by atoms with Crippen LogP contribution >= 0.6 is 23.1 Å². The fraction of sp³-hybridized carbons (Fsp3) is 0.250. The summed E-state index contributed by atoms with van der Waals surface area (Å²) in [6.07, 6.45) is 0. The topological polar surface area (TPSA) is 72.7 Å². The summed E-state index contributed by atoms with van der Waals surface area (Å²) in [4.78, 5) is 13.1. The maximum atomic E-state index is 12.0. The molecule has 1 N–H and O–H groups in total. The first-order chi connectivity index (χ1) is 11.6. The fourth-order valence-corrected chi connectivity index (χ4v) is 3.60. The number of carbonyl (C=O) groups is 1. The predicted octanol–water partition coefficient (Wildman–Crippen LogP) is 2.75. The van der Waals surface area contributed by atoms with Crippen molar-refractivity contribution in [3.63, 3.8) is 0 Å². The van der Waals surface area contributed by atoms with Crippen molar-refractivity contribution >= 4 is 29.0 Å².